The van der Waals surface area contributed by atoms with Crippen molar-refractivity contribution < 1.29 is 13.2 Å². The summed E-state index contributed by atoms with van der Waals surface area (Å²) in [6.07, 6.45) is 0. The lowest BCUT2D eigenvalue weighted by molar-refractivity contribution is 0.102. The average Bonchev–Trinajstić information content (AvgIpc) is 2.62. The zero-order valence-electron chi connectivity index (χ0n) is 13.8. The van der Waals surface area contributed by atoms with Crippen molar-refractivity contribution in [1.82, 2.24) is 0 Å². The molecule has 1 amide bonds. The van der Waals surface area contributed by atoms with E-state index in [0.29, 0.717) is 10.7 Å². The molecule has 0 unspecified atom stereocenters. The molecule has 0 fully saturated rings. The van der Waals surface area contributed by atoms with Crippen LogP contribution >= 0.6 is 23.2 Å². The van der Waals surface area contributed by atoms with E-state index in [1.54, 1.807) is 24.3 Å². The number of hydrogen-bond acceptors (Lipinski definition) is 3. The van der Waals surface area contributed by atoms with Crippen molar-refractivity contribution in [1.29, 1.82) is 0 Å². The third-order valence-electron chi connectivity index (χ3n) is 3.62. The summed E-state index contributed by atoms with van der Waals surface area (Å²) in [6, 6.07) is 19.0. The number of hydrogen-bond donors (Lipinski definition) is 2. The van der Waals surface area contributed by atoms with Crippen molar-refractivity contribution in [2.24, 2.45) is 0 Å². The van der Waals surface area contributed by atoms with E-state index in [9.17, 15) is 13.2 Å². The van der Waals surface area contributed by atoms with Gasteiger partial charge in [0.05, 0.1) is 21.2 Å². The topological polar surface area (TPSA) is 75.3 Å². The molecule has 0 heterocycles. The summed E-state index contributed by atoms with van der Waals surface area (Å²) >= 11 is 12.0. The van der Waals surface area contributed by atoms with Gasteiger partial charge in [0, 0.05) is 10.7 Å². The maximum absolute atomic E-state index is 12.4. The van der Waals surface area contributed by atoms with Crippen LogP contribution in [0.25, 0.3) is 0 Å². The fourth-order valence-corrected chi connectivity index (χ4v) is 3.75. The minimum Gasteiger partial charge on any atom is -0.322 e. The number of anilines is 2. The van der Waals surface area contributed by atoms with Crippen molar-refractivity contribution in [2.45, 2.75) is 4.90 Å². The monoisotopic (exact) mass is 420 g/mol. The molecule has 5 nitrogen and oxygen atoms in total. The van der Waals surface area contributed by atoms with Gasteiger partial charge >= 0.3 is 0 Å². The summed E-state index contributed by atoms with van der Waals surface area (Å²) in [7, 11) is -3.80. The molecule has 0 radical (unpaired) electrons. The number of carbonyl (C=O) groups excluding carboxylic acids is 1. The van der Waals surface area contributed by atoms with Crippen LogP contribution in [0.15, 0.2) is 77.7 Å². The molecule has 0 saturated carbocycles. The average molecular weight is 421 g/mol. The molecule has 3 aromatic rings. The van der Waals surface area contributed by atoms with Crippen LogP contribution in [-0.4, -0.2) is 14.3 Å². The van der Waals surface area contributed by atoms with Crippen LogP contribution < -0.4 is 10.0 Å². The molecule has 0 aromatic heterocycles. The molecule has 8 heteroatoms. The molecular formula is C19H14Cl2N2O3S. The van der Waals surface area contributed by atoms with Crippen LogP contribution in [0, 0.1) is 0 Å². The van der Waals surface area contributed by atoms with E-state index in [1.807, 2.05) is 6.07 Å². The Balaban J connectivity index is 1.78. The lowest BCUT2D eigenvalue weighted by Crippen LogP contribution is -2.14. The second-order valence-electron chi connectivity index (χ2n) is 5.57. The van der Waals surface area contributed by atoms with Gasteiger partial charge in [0.25, 0.3) is 15.9 Å². The summed E-state index contributed by atoms with van der Waals surface area (Å²) in [4.78, 5) is 12.4. The molecule has 0 bridgehead atoms. The van der Waals surface area contributed by atoms with E-state index in [1.165, 1.54) is 42.5 Å². The highest BCUT2D eigenvalue weighted by molar-refractivity contribution is 7.92. The van der Waals surface area contributed by atoms with E-state index in [4.69, 9.17) is 23.2 Å². The first-order valence-electron chi connectivity index (χ1n) is 7.79. The molecule has 138 valence electrons. The smallest absolute Gasteiger partial charge is 0.261 e. The van der Waals surface area contributed by atoms with E-state index < -0.39 is 15.9 Å². The van der Waals surface area contributed by atoms with Crippen LogP contribution in [0.5, 0.6) is 0 Å². The molecule has 27 heavy (non-hydrogen) atoms. The normalized spacial score (nSPS) is 11.0. The van der Waals surface area contributed by atoms with Gasteiger partial charge in [0.2, 0.25) is 0 Å². The second kappa shape index (κ2) is 8.00. The Kier molecular flexibility index (Phi) is 5.70. The SMILES string of the molecule is O=C(Nc1ccccc1)c1ccc(NS(=O)(=O)c2ccc(Cl)cc2)cc1Cl. The summed E-state index contributed by atoms with van der Waals surface area (Å²) in [5, 5.41) is 3.28. The minimum absolute atomic E-state index is 0.0638. The zero-order chi connectivity index (χ0) is 19.4. The summed E-state index contributed by atoms with van der Waals surface area (Å²) in [5.74, 6) is -0.390. The molecule has 0 saturated heterocycles. The summed E-state index contributed by atoms with van der Waals surface area (Å²) in [5.41, 5.74) is 1.10. The van der Waals surface area contributed by atoms with Crippen molar-refractivity contribution in [2.75, 3.05) is 10.0 Å². The molecule has 3 aromatic carbocycles. The van der Waals surface area contributed by atoms with Gasteiger partial charge in [-0.1, -0.05) is 41.4 Å². The zero-order valence-corrected chi connectivity index (χ0v) is 16.1. The fraction of sp³-hybridized carbons (Fsp3) is 0. The van der Waals surface area contributed by atoms with Crippen LogP contribution in [0.2, 0.25) is 10.0 Å². The lowest BCUT2D eigenvalue weighted by Gasteiger charge is -2.11. The van der Waals surface area contributed by atoms with Gasteiger partial charge in [-0.15, -0.1) is 0 Å². The third-order valence-corrected chi connectivity index (χ3v) is 5.58. The Morgan fingerprint density at radius 2 is 1.48 bits per heavy atom. The lowest BCUT2D eigenvalue weighted by atomic mass is 10.2. The van der Waals surface area contributed by atoms with Crippen molar-refractivity contribution >= 4 is 50.5 Å². The van der Waals surface area contributed by atoms with Crippen molar-refractivity contribution in [3.8, 4) is 0 Å². The van der Waals surface area contributed by atoms with Crippen molar-refractivity contribution in [3.05, 3.63) is 88.4 Å². The molecule has 0 spiro atoms. The number of sulfonamides is 1. The quantitative estimate of drug-likeness (QED) is 0.606. The molecule has 3 rings (SSSR count). The number of halogens is 2. The van der Waals surface area contributed by atoms with Crippen LogP contribution in [-0.2, 0) is 10.0 Å². The van der Waals surface area contributed by atoms with Crippen LogP contribution in [0.3, 0.4) is 0 Å². The third kappa shape index (κ3) is 4.80. The predicted molar refractivity (Wildman–Crippen MR) is 108 cm³/mol. The largest absolute Gasteiger partial charge is 0.322 e. The summed E-state index contributed by atoms with van der Waals surface area (Å²) < 4.78 is 27.2. The van der Waals surface area contributed by atoms with E-state index in [-0.39, 0.29) is 21.2 Å². The Hall–Kier alpha value is -2.54. The molecule has 2 N–H and O–H groups in total. The van der Waals surface area contributed by atoms with Gasteiger partial charge in [-0.05, 0) is 54.6 Å². The highest BCUT2D eigenvalue weighted by atomic mass is 35.5. The predicted octanol–water partition coefficient (Wildman–Crippen LogP) is 5.05. The second-order valence-corrected chi connectivity index (χ2v) is 8.10. The van der Waals surface area contributed by atoms with Gasteiger partial charge in [-0.3, -0.25) is 9.52 Å². The number of carbonyl (C=O) groups is 1. The highest BCUT2D eigenvalue weighted by Gasteiger charge is 2.16. The number of amides is 1. The first-order chi connectivity index (χ1) is 12.8. The minimum atomic E-state index is -3.80. The van der Waals surface area contributed by atoms with Crippen molar-refractivity contribution in [3.63, 3.8) is 0 Å². The van der Waals surface area contributed by atoms with Crippen LogP contribution in [0.1, 0.15) is 10.4 Å². The van der Waals surface area contributed by atoms with Gasteiger partial charge in [-0.25, -0.2) is 8.42 Å². The van der Waals surface area contributed by atoms with E-state index in [0.717, 1.165) is 0 Å². The molecule has 0 atom stereocenters. The first kappa shape index (κ1) is 19.2. The maximum atomic E-state index is 12.4. The van der Waals surface area contributed by atoms with Gasteiger partial charge < -0.3 is 5.32 Å². The fourth-order valence-electron chi connectivity index (χ4n) is 2.31. The molecular weight excluding hydrogens is 407 g/mol. The standard InChI is InChI=1S/C19H14Cl2N2O3S/c20-13-6-9-16(10-7-13)27(25,26)23-15-8-11-17(18(21)12-15)19(24)22-14-4-2-1-3-5-14/h1-12,23H,(H,22,24). The van der Waals surface area contributed by atoms with Crippen LogP contribution in [0.4, 0.5) is 11.4 Å². The van der Waals surface area contributed by atoms with Gasteiger partial charge in [0.15, 0.2) is 0 Å². The Labute approximate surface area is 167 Å². The molecule has 0 aliphatic rings. The maximum Gasteiger partial charge on any atom is 0.261 e. The first-order valence-corrected chi connectivity index (χ1v) is 10.0. The number of rotatable bonds is 5. The Bertz CT molecular complexity index is 1070. The van der Waals surface area contributed by atoms with E-state index in [2.05, 4.69) is 10.0 Å². The molecule has 0 aliphatic heterocycles. The van der Waals surface area contributed by atoms with Gasteiger partial charge in [0.1, 0.15) is 0 Å². The Morgan fingerprint density at radius 1 is 0.815 bits per heavy atom. The van der Waals surface area contributed by atoms with Gasteiger partial charge in [-0.2, -0.15) is 0 Å². The highest BCUT2D eigenvalue weighted by Crippen LogP contribution is 2.24. The number of para-hydroxylation sites is 1. The Morgan fingerprint density at radius 3 is 2.11 bits per heavy atom. The molecule has 0 aliphatic carbocycles. The number of nitrogens with one attached hydrogen (secondary N) is 2. The summed E-state index contributed by atoms with van der Waals surface area (Å²) in [6.45, 7) is 0. The van der Waals surface area contributed by atoms with E-state index >= 15 is 0 Å². The number of benzene rings is 3.